The molecule has 0 saturated carbocycles. The Kier molecular flexibility index (Phi) is 5.92. The first kappa shape index (κ1) is 19.1. The fourth-order valence-corrected chi connectivity index (χ4v) is 3.61. The van der Waals surface area contributed by atoms with Crippen LogP contribution in [0, 0.1) is 11.3 Å². The number of benzene rings is 2. The van der Waals surface area contributed by atoms with Crippen molar-refractivity contribution in [2.45, 2.75) is 6.92 Å². The third-order valence-corrected chi connectivity index (χ3v) is 5.16. The van der Waals surface area contributed by atoms with Crippen molar-refractivity contribution in [3.05, 3.63) is 74.7 Å². The van der Waals surface area contributed by atoms with E-state index in [2.05, 4.69) is 16.4 Å². The number of thiazole rings is 1. The molecule has 0 radical (unpaired) electrons. The summed E-state index contributed by atoms with van der Waals surface area (Å²) in [4.78, 5) is 15.8. The number of nitriles is 1. The molecule has 0 aliphatic carbocycles. The molecule has 4 nitrogen and oxygen atoms in total. The Morgan fingerprint density at radius 3 is 2.59 bits per heavy atom. The Bertz CT molecular complexity index is 1070. The summed E-state index contributed by atoms with van der Waals surface area (Å²) in [6, 6.07) is 14.4. The first-order valence-electron chi connectivity index (χ1n) is 7.87. The topological polar surface area (TPSA) is 65.8 Å². The number of allylic oxidation sites excluding steroid dienone is 1. The molecule has 0 saturated heterocycles. The second-order valence-corrected chi connectivity index (χ2v) is 7.31. The second kappa shape index (κ2) is 8.36. The van der Waals surface area contributed by atoms with Gasteiger partial charge < -0.3 is 5.32 Å². The SMILES string of the molecule is CC(=O)c1ccc(N/C=C(/C#N)c2nc(-c3ccc(Cl)cc3Cl)cs2)cc1. The van der Waals surface area contributed by atoms with E-state index in [4.69, 9.17) is 23.2 Å². The van der Waals surface area contributed by atoms with Gasteiger partial charge in [-0.1, -0.05) is 23.2 Å². The molecule has 0 aliphatic heterocycles. The van der Waals surface area contributed by atoms with E-state index in [-0.39, 0.29) is 5.78 Å². The zero-order valence-electron chi connectivity index (χ0n) is 14.2. The molecule has 0 fully saturated rings. The molecule has 0 amide bonds. The summed E-state index contributed by atoms with van der Waals surface area (Å²) in [6.45, 7) is 1.52. The summed E-state index contributed by atoms with van der Waals surface area (Å²) in [6.07, 6.45) is 1.59. The van der Waals surface area contributed by atoms with E-state index in [0.717, 1.165) is 11.3 Å². The van der Waals surface area contributed by atoms with Gasteiger partial charge in [-0.15, -0.1) is 11.3 Å². The Balaban J connectivity index is 1.81. The van der Waals surface area contributed by atoms with Crippen molar-refractivity contribution in [3.63, 3.8) is 0 Å². The largest absolute Gasteiger partial charge is 0.360 e. The predicted octanol–water partition coefficient (Wildman–Crippen LogP) is 6.30. The summed E-state index contributed by atoms with van der Waals surface area (Å²) in [7, 11) is 0. The minimum atomic E-state index is 0.00554. The summed E-state index contributed by atoms with van der Waals surface area (Å²) < 4.78 is 0. The first-order chi connectivity index (χ1) is 13.0. The van der Waals surface area contributed by atoms with Crippen molar-refractivity contribution in [1.29, 1.82) is 5.26 Å². The second-order valence-electron chi connectivity index (χ2n) is 5.61. The van der Waals surface area contributed by atoms with Crippen LogP contribution in [0.2, 0.25) is 10.0 Å². The molecule has 3 rings (SSSR count). The predicted molar refractivity (Wildman–Crippen MR) is 111 cm³/mol. The van der Waals surface area contributed by atoms with Crippen LogP contribution in [-0.4, -0.2) is 10.8 Å². The van der Waals surface area contributed by atoms with Gasteiger partial charge in [0.25, 0.3) is 0 Å². The van der Waals surface area contributed by atoms with Crippen LogP contribution in [0.4, 0.5) is 5.69 Å². The average molecular weight is 414 g/mol. The van der Waals surface area contributed by atoms with Gasteiger partial charge in [0.05, 0.1) is 10.7 Å². The van der Waals surface area contributed by atoms with Gasteiger partial charge in [0.2, 0.25) is 0 Å². The number of carbonyl (C=O) groups is 1. The molecule has 0 spiro atoms. The minimum Gasteiger partial charge on any atom is -0.360 e. The molecule has 0 aliphatic rings. The van der Waals surface area contributed by atoms with Crippen molar-refractivity contribution >= 4 is 51.6 Å². The summed E-state index contributed by atoms with van der Waals surface area (Å²) in [5.41, 5.74) is 3.24. The number of nitrogens with one attached hydrogen (secondary N) is 1. The highest BCUT2D eigenvalue weighted by molar-refractivity contribution is 7.11. The lowest BCUT2D eigenvalue weighted by molar-refractivity contribution is 0.101. The zero-order chi connectivity index (χ0) is 19.4. The van der Waals surface area contributed by atoms with Gasteiger partial charge in [0.1, 0.15) is 16.6 Å². The number of hydrogen-bond donors (Lipinski definition) is 1. The van der Waals surface area contributed by atoms with Crippen molar-refractivity contribution in [2.24, 2.45) is 0 Å². The monoisotopic (exact) mass is 413 g/mol. The van der Waals surface area contributed by atoms with Gasteiger partial charge in [-0.25, -0.2) is 4.98 Å². The fraction of sp³-hybridized carbons (Fsp3) is 0.0500. The number of aromatic nitrogens is 1. The number of ketones is 1. The van der Waals surface area contributed by atoms with Crippen molar-refractivity contribution < 1.29 is 4.79 Å². The van der Waals surface area contributed by atoms with Crippen LogP contribution in [0.25, 0.3) is 16.8 Å². The number of carbonyl (C=O) groups excluding carboxylic acids is 1. The number of halogens is 2. The average Bonchev–Trinajstić information content (AvgIpc) is 3.12. The number of Topliss-reactive ketones (excluding diaryl/α,β-unsaturated/α-hetero) is 1. The molecule has 0 atom stereocenters. The molecule has 1 aromatic heterocycles. The fourth-order valence-electron chi connectivity index (χ4n) is 2.32. The Morgan fingerprint density at radius 1 is 1.22 bits per heavy atom. The van der Waals surface area contributed by atoms with Gasteiger partial charge in [-0.05, 0) is 49.4 Å². The van der Waals surface area contributed by atoms with Gasteiger partial charge >= 0.3 is 0 Å². The molecule has 1 N–H and O–H groups in total. The van der Waals surface area contributed by atoms with E-state index >= 15 is 0 Å². The normalized spacial score (nSPS) is 11.1. The van der Waals surface area contributed by atoms with Gasteiger partial charge in [0, 0.05) is 33.4 Å². The molecular formula is C20H13Cl2N3OS. The summed E-state index contributed by atoms with van der Waals surface area (Å²) >= 11 is 13.5. The van der Waals surface area contributed by atoms with Crippen LogP contribution < -0.4 is 5.32 Å². The maximum Gasteiger partial charge on any atom is 0.159 e. The Morgan fingerprint density at radius 2 is 1.96 bits per heavy atom. The van der Waals surface area contributed by atoms with Crippen molar-refractivity contribution in [1.82, 2.24) is 4.98 Å². The molecule has 0 unspecified atom stereocenters. The third-order valence-electron chi connectivity index (χ3n) is 3.74. The van der Waals surface area contributed by atoms with E-state index in [9.17, 15) is 10.1 Å². The highest BCUT2D eigenvalue weighted by atomic mass is 35.5. The zero-order valence-corrected chi connectivity index (χ0v) is 16.5. The van der Waals surface area contributed by atoms with E-state index in [0.29, 0.717) is 31.9 Å². The number of rotatable bonds is 5. The number of anilines is 1. The number of hydrogen-bond acceptors (Lipinski definition) is 5. The molecular weight excluding hydrogens is 401 g/mol. The lowest BCUT2D eigenvalue weighted by Crippen LogP contribution is -1.94. The van der Waals surface area contributed by atoms with E-state index in [1.54, 1.807) is 48.7 Å². The first-order valence-corrected chi connectivity index (χ1v) is 9.50. The lowest BCUT2D eigenvalue weighted by atomic mass is 10.1. The van der Waals surface area contributed by atoms with E-state index < -0.39 is 0 Å². The van der Waals surface area contributed by atoms with E-state index in [1.807, 2.05) is 5.38 Å². The van der Waals surface area contributed by atoms with Crippen molar-refractivity contribution in [2.75, 3.05) is 5.32 Å². The Labute approximate surface area is 170 Å². The van der Waals surface area contributed by atoms with Crippen LogP contribution in [0.3, 0.4) is 0 Å². The van der Waals surface area contributed by atoms with Crippen LogP contribution in [-0.2, 0) is 0 Å². The highest BCUT2D eigenvalue weighted by Gasteiger charge is 2.11. The van der Waals surface area contributed by atoms with Crippen LogP contribution in [0.1, 0.15) is 22.3 Å². The highest BCUT2D eigenvalue weighted by Crippen LogP contribution is 2.32. The quantitative estimate of drug-likeness (QED) is 0.393. The van der Waals surface area contributed by atoms with Crippen molar-refractivity contribution in [3.8, 4) is 17.3 Å². The molecule has 1 heterocycles. The molecule has 0 bridgehead atoms. The molecule has 2 aromatic carbocycles. The minimum absolute atomic E-state index is 0.00554. The summed E-state index contributed by atoms with van der Waals surface area (Å²) in [5, 5.41) is 16.0. The molecule has 134 valence electrons. The molecule has 7 heteroatoms. The Hall–Kier alpha value is -2.65. The van der Waals surface area contributed by atoms with Gasteiger partial charge in [-0.2, -0.15) is 5.26 Å². The van der Waals surface area contributed by atoms with E-state index in [1.165, 1.54) is 18.3 Å². The maximum atomic E-state index is 11.3. The van der Waals surface area contributed by atoms with Crippen LogP contribution >= 0.6 is 34.5 Å². The van der Waals surface area contributed by atoms with Crippen LogP contribution in [0.15, 0.2) is 54.0 Å². The van der Waals surface area contributed by atoms with Crippen LogP contribution in [0.5, 0.6) is 0 Å². The standard InChI is InChI=1S/C20H13Cl2N3OS/c1-12(26)13-2-5-16(6-3-13)24-10-14(9-23)20-25-19(11-27-20)17-7-4-15(21)8-18(17)22/h2-8,10-11,24H,1H3/b14-10-. The van der Waals surface area contributed by atoms with Gasteiger partial charge in [0.15, 0.2) is 5.78 Å². The maximum absolute atomic E-state index is 11.3. The smallest absolute Gasteiger partial charge is 0.159 e. The summed E-state index contributed by atoms with van der Waals surface area (Å²) in [5.74, 6) is 0.00554. The molecule has 3 aromatic rings. The lowest BCUT2D eigenvalue weighted by Gasteiger charge is -2.03. The molecule has 27 heavy (non-hydrogen) atoms. The van der Waals surface area contributed by atoms with Gasteiger partial charge in [-0.3, -0.25) is 4.79 Å². The number of nitrogens with zero attached hydrogens (tertiary/aromatic N) is 2. The third kappa shape index (κ3) is 4.55.